The minimum absolute atomic E-state index is 1.96. The zero-order valence-electron chi connectivity index (χ0n) is 6.91. The molecule has 0 saturated heterocycles. The first-order valence-electron chi connectivity index (χ1n) is 3.29. The third kappa shape index (κ3) is 9.41. The van der Waals surface area contributed by atoms with Crippen molar-refractivity contribution in [2.75, 3.05) is 0 Å². The molecule has 0 aliphatic heterocycles. The van der Waals surface area contributed by atoms with Crippen molar-refractivity contribution in [2.45, 2.75) is 23.0 Å². The standard InChI is InChI=1S/C6H14Cl2Ge2/c1-9(2,7)5-6-10(3,4)8/h5-6H,1-4H3/b6-5+. The predicted octanol–water partition coefficient (Wildman–Crippen LogP) is 3.51. The average molecular weight is 302 g/mol. The molecule has 0 aromatic carbocycles. The van der Waals surface area contributed by atoms with E-state index in [1.54, 1.807) is 0 Å². The SMILES string of the molecule is [CH3][Ge]([CH3])([Cl])/[CH]=[CH]/[Ge]([CH3])([CH3])[Cl]. The summed E-state index contributed by atoms with van der Waals surface area (Å²) in [5.41, 5.74) is 0. The molecule has 0 heterocycles. The van der Waals surface area contributed by atoms with Gasteiger partial charge < -0.3 is 0 Å². The Bertz CT molecular complexity index is 114. The third-order valence-corrected chi connectivity index (χ3v) is 7.68. The Labute approximate surface area is 77.1 Å². The van der Waals surface area contributed by atoms with Crippen LogP contribution in [0.3, 0.4) is 0 Å². The summed E-state index contributed by atoms with van der Waals surface area (Å²) < 4.78 is 0. The third-order valence-electron chi connectivity index (χ3n) is 0.876. The van der Waals surface area contributed by atoms with Crippen molar-refractivity contribution in [3.05, 3.63) is 9.82 Å². The van der Waals surface area contributed by atoms with Crippen LogP contribution in [0.2, 0.25) is 23.0 Å². The maximum atomic E-state index is 6.11. The summed E-state index contributed by atoms with van der Waals surface area (Å²) in [6.07, 6.45) is 0. The van der Waals surface area contributed by atoms with Crippen molar-refractivity contribution in [1.29, 1.82) is 0 Å². The van der Waals surface area contributed by atoms with E-state index >= 15 is 0 Å². The fraction of sp³-hybridized carbons (Fsp3) is 0.667. The molecule has 0 fully saturated rings. The van der Waals surface area contributed by atoms with Crippen LogP contribution in [0.1, 0.15) is 0 Å². The molecule has 0 spiro atoms. The van der Waals surface area contributed by atoms with Gasteiger partial charge in [0.1, 0.15) is 0 Å². The van der Waals surface area contributed by atoms with E-state index in [2.05, 4.69) is 32.8 Å². The van der Waals surface area contributed by atoms with Crippen LogP contribution in [-0.2, 0) is 0 Å². The van der Waals surface area contributed by atoms with E-state index < -0.39 is 24.7 Å². The van der Waals surface area contributed by atoms with Gasteiger partial charge in [-0.05, 0) is 0 Å². The Morgan fingerprint density at radius 3 is 1.10 bits per heavy atom. The maximum absolute atomic E-state index is 6.11. The Morgan fingerprint density at radius 2 is 1.00 bits per heavy atom. The summed E-state index contributed by atoms with van der Waals surface area (Å²) in [6.45, 7) is 0. The van der Waals surface area contributed by atoms with Gasteiger partial charge in [0.05, 0.1) is 0 Å². The van der Waals surface area contributed by atoms with Gasteiger partial charge in [-0.1, -0.05) is 0 Å². The first-order chi connectivity index (χ1) is 4.21. The minimum atomic E-state index is -1.96. The van der Waals surface area contributed by atoms with Gasteiger partial charge in [-0.15, -0.1) is 0 Å². The van der Waals surface area contributed by atoms with E-state index in [0.29, 0.717) is 0 Å². The van der Waals surface area contributed by atoms with Crippen molar-refractivity contribution >= 4 is 44.7 Å². The zero-order valence-corrected chi connectivity index (χ0v) is 12.6. The van der Waals surface area contributed by atoms with E-state index in [-0.39, 0.29) is 0 Å². The first-order valence-corrected chi connectivity index (χ1v) is 19.6. The fourth-order valence-electron chi connectivity index (χ4n) is 0.396. The number of halogens is 2. The van der Waals surface area contributed by atoms with Crippen LogP contribution >= 0.6 is 20.0 Å². The van der Waals surface area contributed by atoms with E-state index in [1.807, 2.05) is 0 Å². The molecule has 0 aromatic rings. The van der Waals surface area contributed by atoms with Gasteiger partial charge in [0.2, 0.25) is 0 Å². The fourth-order valence-corrected chi connectivity index (χ4v) is 14.1. The van der Waals surface area contributed by atoms with E-state index in [9.17, 15) is 0 Å². The van der Waals surface area contributed by atoms with Crippen LogP contribution < -0.4 is 0 Å². The molecule has 0 aromatic heterocycles. The van der Waals surface area contributed by atoms with Gasteiger partial charge in [-0.25, -0.2) is 0 Å². The van der Waals surface area contributed by atoms with Crippen LogP contribution in [0.25, 0.3) is 0 Å². The Kier molecular flexibility index (Phi) is 4.42. The summed E-state index contributed by atoms with van der Waals surface area (Å²) in [4.78, 5) is 4.35. The molecule has 0 atom stereocenters. The van der Waals surface area contributed by atoms with Gasteiger partial charge in [-0.2, -0.15) is 0 Å². The Hall–Kier alpha value is 1.41. The summed E-state index contributed by atoms with van der Waals surface area (Å²) >= 11 is -3.92. The van der Waals surface area contributed by atoms with Crippen LogP contribution in [0.5, 0.6) is 0 Å². The second-order valence-electron chi connectivity index (χ2n) is 3.46. The summed E-state index contributed by atoms with van der Waals surface area (Å²) in [5.74, 6) is 8.57. The molecule has 10 heavy (non-hydrogen) atoms. The molecule has 0 unspecified atom stereocenters. The molecule has 0 nitrogen and oxygen atoms in total. The second-order valence-corrected chi connectivity index (χ2v) is 28.1. The van der Waals surface area contributed by atoms with Crippen molar-refractivity contribution in [3.63, 3.8) is 0 Å². The van der Waals surface area contributed by atoms with E-state index in [4.69, 9.17) is 20.0 Å². The summed E-state index contributed by atoms with van der Waals surface area (Å²) in [7, 11) is 12.2. The van der Waals surface area contributed by atoms with Crippen LogP contribution in [0.15, 0.2) is 9.82 Å². The Morgan fingerprint density at radius 1 is 0.800 bits per heavy atom. The first kappa shape index (κ1) is 11.4. The average Bonchev–Trinajstić information content (AvgIpc) is 1.57. The summed E-state index contributed by atoms with van der Waals surface area (Å²) in [6, 6.07) is 0. The van der Waals surface area contributed by atoms with Gasteiger partial charge in [0, 0.05) is 0 Å². The van der Waals surface area contributed by atoms with Gasteiger partial charge in [0.25, 0.3) is 0 Å². The normalized spacial score (nSPS) is 14.6. The molecule has 60 valence electrons. The Balaban J connectivity index is 4.01. The van der Waals surface area contributed by atoms with Crippen molar-refractivity contribution in [1.82, 2.24) is 0 Å². The number of hydrogen-bond acceptors (Lipinski definition) is 0. The molecule has 0 radical (unpaired) electrons. The molecule has 0 aliphatic rings. The van der Waals surface area contributed by atoms with E-state index in [1.165, 1.54) is 0 Å². The topological polar surface area (TPSA) is 0 Å². The molecule has 0 aliphatic carbocycles. The predicted molar refractivity (Wildman–Crippen MR) is 55.8 cm³/mol. The van der Waals surface area contributed by atoms with Crippen molar-refractivity contribution < 1.29 is 0 Å². The van der Waals surface area contributed by atoms with Crippen LogP contribution in [-0.4, -0.2) is 24.7 Å². The molecule has 0 amide bonds. The van der Waals surface area contributed by atoms with Crippen LogP contribution in [0.4, 0.5) is 0 Å². The summed E-state index contributed by atoms with van der Waals surface area (Å²) in [5, 5.41) is 0. The number of hydrogen-bond donors (Lipinski definition) is 0. The van der Waals surface area contributed by atoms with Crippen molar-refractivity contribution in [3.8, 4) is 0 Å². The van der Waals surface area contributed by atoms with E-state index in [0.717, 1.165) is 0 Å². The molecular formula is C6H14Cl2Ge2. The molecule has 4 heteroatoms. The molecule has 0 rings (SSSR count). The monoisotopic (exact) mass is 304 g/mol. The molecular weight excluding hydrogens is 288 g/mol. The van der Waals surface area contributed by atoms with Crippen molar-refractivity contribution in [2.24, 2.45) is 0 Å². The zero-order chi connectivity index (χ0) is 8.41. The number of rotatable bonds is 2. The van der Waals surface area contributed by atoms with Crippen LogP contribution in [0, 0.1) is 0 Å². The van der Waals surface area contributed by atoms with Gasteiger partial charge >= 0.3 is 77.5 Å². The molecule has 0 N–H and O–H groups in total. The molecule has 0 saturated carbocycles. The molecule has 0 bridgehead atoms. The van der Waals surface area contributed by atoms with Gasteiger partial charge in [0.15, 0.2) is 0 Å². The van der Waals surface area contributed by atoms with Gasteiger partial charge in [-0.3, -0.25) is 0 Å². The quantitative estimate of drug-likeness (QED) is 0.685. The second kappa shape index (κ2) is 3.88.